The number of cyclic esters (lactones) is 1. The summed E-state index contributed by atoms with van der Waals surface area (Å²) in [4.78, 5) is 25.3. The number of fused-ring (bicyclic) bond motifs is 2. The molecular formula is C16H19BrN2O5. The molecule has 0 radical (unpaired) electrons. The molecule has 24 heavy (non-hydrogen) atoms. The maximum Gasteiger partial charge on any atom is 0.413 e. The van der Waals surface area contributed by atoms with Crippen LogP contribution in [0.2, 0.25) is 0 Å². The van der Waals surface area contributed by atoms with Crippen molar-refractivity contribution in [3.05, 3.63) is 28.2 Å². The van der Waals surface area contributed by atoms with Gasteiger partial charge in [0.2, 0.25) is 6.23 Å². The van der Waals surface area contributed by atoms with E-state index in [0.717, 1.165) is 10.0 Å². The Morgan fingerprint density at radius 2 is 2.17 bits per heavy atom. The molecule has 1 aromatic carbocycles. The lowest BCUT2D eigenvalue weighted by molar-refractivity contribution is 0.0145. The average molecular weight is 399 g/mol. The minimum atomic E-state index is -0.596. The molecule has 2 aliphatic heterocycles. The van der Waals surface area contributed by atoms with E-state index in [4.69, 9.17) is 14.2 Å². The Morgan fingerprint density at radius 1 is 1.42 bits per heavy atom. The fourth-order valence-corrected chi connectivity index (χ4v) is 3.00. The first-order valence-corrected chi connectivity index (χ1v) is 8.41. The molecule has 2 atom stereocenters. The highest BCUT2D eigenvalue weighted by Gasteiger charge is 2.46. The van der Waals surface area contributed by atoms with Crippen molar-refractivity contribution in [3.8, 4) is 5.75 Å². The van der Waals surface area contributed by atoms with Crippen LogP contribution >= 0.6 is 15.9 Å². The van der Waals surface area contributed by atoms with Gasteiger partial charge in [-0.05, 0) is 39.0 Å². The first kappa shape index (κ1) is 16.9. The highest BCUT2D eigenvalue weighted by molar-refractivity contribution is 9.10. The molecule has 0 bridgehead atoms. The van der Waals surface area contributed by atoms with Crippen molar-refractivity contribution in [2.45, 2.75) is 45.2 Å². The van der Waals surface area contributed by atoms with E-state index < -0.39 is 30.1 Å². The van der Waals surface area contributed by atoms with Gasteiger partial charge in [0.15, 0.2) is 6.10 Å². The number of halogens is 1. The number of alkyl carbamates (subject to hydrolysis) is 1. The standard InChI is InChI=1S/C16H19BrN2O5/c1-16(2,3)24-14(20)18-7-12-13-19(15(21)23-12)8-9-6-10(17)4-5-11(9)22-13/h4-6,12-13H,7-8H2,1-3H3,(H,18,20)/t12-,13-/m0/s1. The predicted molar refractivity (Wildman–Crippen MR) is 88.6 cm³/mol. The third kappa shape index (κ3) is 3.58. The Balaban J connectivity index is 1.66. The number of carbonyl (C=O) groups is 2. The molecule has 1 aromatic rings. The summed E-state index contributed by atoms with van der Waals surface area (Å²) in [6.45, 7) is 5.87. The van der Waals surface area contributed by atoms with E-state index in [-0.39, 0.29) is 6.54 Å². The summed E-state index contributed by atoms with van der Waals surface area (Å²) >= 11 is 3.40. The molecule has 2 aliphatic rings. The first-order chi connectivity index (χ1) is 11.2. The van der Waals surface area contributed by atoms with Crippen molar-refractivity contribution in [2.24, 2.45) is 0 Å². The second kappa shape index (κ2) is 6.16. The summed E-state index contributed by atoms with van der Waals surface area (Å²) < 4.78 is 17.3. The number of benzene rings is 1. The Hall–Kier alpha value is -1.96. The second-order valence-corrected chi connectivity index (χ2v) is 7.61. The lowest BCUT2D eigenvalue weighted by Crippen LogP contribution is -2.48. The number of carbonyl (C=O) groups excluding carboxylic acids is 2. The smallest absolute Gasteiger partial charge is 0.413 e. The molecule has 8 heteroatoms. The Morgan fingerprint density at radius 3 is 2.88 bits per heavy atom. The predicted octanol–water partition coefficient (Wildman–Crippen LogP) is 3.01. The van der Waals surface area contributed by atoms with Crippen LogP contribution in [0.3, 0.4) is 0 Å². The third-order valence-corrected chi connectivity index (χ3v) is 4.06. The number of ether oxygens (including phenoxy) is 3. The zero-order chi connectivity index (χ0) is 17.5. The number of rotatable bonds is 2. The molecule has 0 spiro atoms. The van der Waals surface area contributed by atoms with Crippen LogP contribution < -0.4 is 10.1 Å². The molecular weight excluding hydrogens is 380 g/mol. The second-order valence-electron chi connectivity index (χ2n) is 6.69. The van der Waals surface area contributed by atoms with Crippen molar-refractivity contribution < 1.29 is 23.8 Å². The Bertz CT molecular complexity index is 673. The summed E-state index contributed by atoms with van der Waals surface area (Å²) in [5, 5.41) is 2.62. The molecule has 130 valence electrons. The van der Waals surface area contributed by atoms with Crippen LogP contribution in [0.25, 0.3) is 0 Å². The van der Waals surface area contributed by atoms with E-state index in [1.807, 2.05) is 18.2 Å². The highest BCUT2D eigenvalue weighted by atomic mass is 79.9. The van der Waals surface area contributed by atoms with E-state index in [0.29, 0.717) is 12.3 Å². The quantitative estimate of drug-likeness (QED) is 0.828. The number of hydrogen-bond acceptors (Lipinski definition) is 5. The topological polar surface area (TPSA) is 77.1 Å². The fourth-order valence-electron chi connectivity index (χ4n) is 2.59. The maximum atomic E-state index is 12.1. The van der Waals surface area contributed by atoms with Crippen molar-refractivity contribution in [3.63, 3.8) is 0 Å². The summed E-state index contributed by atoms with van der Waals surface area (Å²) in [5.74, 6) is 0.708. The van der Waals surface area contributed by atoms with Gasteiger partial charge in [-0.1, -0.05) is 15.9 Å². The normalized spacial score (nSPS) is 22.2. The monoisotopic (exact) mass is 398 g/mol. The SMILES string of the molecule is CC(C)(C)OC(=O)NC[C@@H]1OC(=O)N2Cc3cc(Br)ccc3O[C@@H]12. The van der Waals surface area contributed by atoms with Crippen molar-refractivity contribution >= 4 is 28.1 Å². The lowest BCUT2D eigenvalue weighted by atomic mass is 10.1. The van der Waals surface area contributed by atoms with Crippen LogP contribution in [0, 0.1) is 0 Å². The molecule has 0 aliphatic carbocycles. The van der Waals surface area contributed by atoms with Gasteiger partial charge in [0, 0.05) is 10.0 Å². The molecule has 0 unspecified atom stereocenters. The zero-order valence-electron chi connectivity index (χ0n) is 13.7. The molecule has 0 aromatic heterocycles. The first-order valence-electron chi connectivity index (χ1n) is 7.62. The van der Waals surface area contributed by atoms with E-state index >= 15 is 0 Å². The van der Waals surface area contributed by atoms with E-state index in [9.17, 15) is 9.59 Å². The van der Waals surface area contributed by atoms with Crippen LogP contribution in [0.5, 0.6) is 5.75 Å². The molecule has 7 nitrogen and oxygen atoms in total. The summed E-state index contributed by atoms with van der Waals surface area (Å²) in [6.07, 6.45) is -2.18. The van der Waals surface area contributed by atoms with Crippen LogP contribution in [-0.4, -0.2) is 41.6 Å². The van der Waals surface area contributed by atoms with E-state index in [1.54, 1.807) is 20.8 Å². The molecule has 2 heterocycles. The number of nitrogens with zero attached hydrogens (tertiary/aromatic N) is 1. The van der Waals surface area contributed by atoms with Crippen molar-refractivity contribution in [2.75, 3.05) is 6.54 Å². The molecule has 1 N–H and O–H groups in total. The van der Waals surface area contributed by atoms with Crippen LogP contribution in [0.4, 0.5) is 9.59 Å². The van der Waals surface area contributed by atoms with Crippen LogP contribution in [0.1, 0.15) is 26.3 Å². The van der Waals surface area contributed by atoms with Gasteiger partial charge in [-0.3, -0.25) is 4.90 Å². The lowest BCUT2D eigenvalue weighted by Gasteiger charge is -2.31. The molecule has 1 fully saturated rings. The highest BCUT2D eigenvalue weighted by Crippen LogP contribution is 2.35. The van der Waals surface area contributed by atoms with Crippen molar-refractivity contribution in [1.82, 2.24) is 10.2 Å². The van der Waals surface area contributed by atoms with Gasteiger partial charge < -0.3 is 19.5 Å². The number of hydrogen-bond donors (Lipinski definition) is 1. The fraction of sp³-hybridized carbons (Fsp3) is 0.500. The number of amides is 2. The third-order valence-electron chi connectivity index (χ3n) is 3.57. The molecule has 1 saturated heterocycles. The van der Waals surface area contributed by atoms with E-state index in [2.05, 4.69) is 21.2 Å². The van der Waals surface area contributed by atoms with Gasteiger partial charge in [0.25, 0.3) is 0 Å². The Kier molecular flexibility index (Phi) is 4.33. The van der Waals surface area contributed by atoms with Crippen LogP contribution in [-0.2, 0) is 16.0 Å². The molecule has 2 amide bonds. The average Bonchev–Trinajstić information content (AvgIpc) is 2.77. The van der Waals surface area contributed by atoms with Crippen molar-refractivity contribution in [1.29, 1.82) is 0 Å². The minimum Gasteiger partial charge on any atom is -0.466 e. The maximum absolute atomic E-state index is 12.1. The molecule has 0 saturated carbocycles. The summed E-state index contributed by atoms with van der Waals surface area (Å²) in [6, 6.07) is 5.63. The van der Waals surface area contributed by atoms with Gasteiger partial charge in [-0.25, -0.2) is 9.59 Å². The van der Waals surface area contributed by atoms with Gasteiger partial charge in [0.05, 0.1) is 13.1 Å². The minimum absolute atomic E-state index is 0.119. The molecule has 3 rings (SSSR count). The zero-order valence-corrected chi connectivity index (χ0v) is 15.3. The largest absolute Gasteiger partial charge is 0.466 e. The van der Waals surface area contributed by atoms with Gasteiger partial charge in [-0.2, -0.15) is 0 Å². The van der Waals surface area contributed by atoms with Gasteiger partial charge in [0.1, 0.15) is 11.4 Å². The van der Waals surface area contributed by atoms with Gasteiger partial charge in [-0.15, -0.1) is 0 Å². The summed E-state index contributed by atoms with van der Waals surface area (Å²) in [5.41, 5.74) is 0.314. The van der Waals surface area contributed by atoms with Gasteiger partial charge >= 0.3 is 12.2 Å². The number of nitrogens with one attached hydrogen (secondary N) is 1. The van der Waals surface area contributed by atoms with Crippen LogP contribution in [0.15, 0.2) is 22.7 Å². The summed E-state index contributed by atoms with van der Waals surface area (Å²) in [7, 11) is 0. The van der Waals surface area contributed by atoms with E-state index in [1.165, 1.54) is 4.90 Å². The Labute approximate surface area is 148 Å².